The van der Waals surface area contributed by atoms with Crippen molar-refractivity contribution in [2.24, 2.45) is 0 Å². The molecule has 0 radical (unpaired) electrons. The number of rotatable bonds is 3. The minimum Gasteiger partial charge on any atom is -0.503 e. The van der Waals surface area contributed by atoms with Crippen LogP contribution in [0.25, 0.3) is 5.52 Å². The van der Waals surface area contributed by atoms with Gasteiger partial charge >= 0.3 is 0 Å². The van der Waals surface area contributed by atoms with Crippen molar-refractivity contribution >= 4 is 29.5 Å². The van der Waals surface area contributed by atoms with E-state index in [9.17, 15) is 14.7 Å². The molecule has 0 bridgehead atoms. The smallest absolute Gasteiger partial charge is 0.279 e. The minimum absolute atomic E-state index is 0. The van der Waals surface area contributed by atoms with E-state index < -0.39 is 22.4 Å². The summed E-state index contributed by atoms with van der Waals surface area (Å²) in [6, 6.07) is 7.16. The van der Waals surface area contributed by atoms with Crippen LogP contribution in [0, 0.1) is 0 Å². The van der Waals surface area contributed by atoms with Gasteiger partial charge in [0.2, 0.25) is 5.43 Å². The Morgan fingerprint density at radius 1 is 1.18 bits per heavy atom. The molecule has 2 aromatic heterocycles. The molecular weight excluding hydrogens is 403 g/mol. The summed E-state index contributed by atoms with van der Waals surface area (Å²) in [5.74, 6) is -0.574. The average molecular weight is 421 g/mol. The maximum absolute atomic E-state index is 12.9. The highest BCUT2D eigenvalue weighted by Crippen LogP contribution is 2.21. The van der Waals surface area contributed by atoms with E-state index >= 15 is 0 Å². The van der Waals surface area contributed by atoms with E-state index in [1.165, 1.54) is 8.97 Å². The van der Waals surface area contributed by atoms with E-state index in [0.717, 1.165) is 5.56 Å². The Morgan fingerprint density at radius 3 is 2.57 bits per heavy atom. The van der Waals surface area contributed by atoms with Gasteiger partial charge < -0.3 is 24.7 Å². The lowest BCUT2D eigenvalue weighted by molar-refractivity contribution is 0.388. The van der Waals surface area contributed by atoms with Crippen molar-refractivity contribution in [2.45, 2.75) is 19.1 Å². The van der Waals surface area contributed by atoms with Crippen LogP contribution in [0.15, 0.2) is 64.8 Å². The predicted molar refractivity (Wildman–Crippen MR) is 110 cm³/mol. The number of pyridine rings is 1. The van der Waals surface area contributed by atoms with Crippen molar-refractivity contribution in [3.05, 3.63) is 92.0 Å². The molecule has 4 rings (SSSR count). The van der Waals surface area contributed by atoms with E-state index in [1.807, 2.05) is 6.07 Å². The Hall–Kier alpha value is -2.90. The molecule has 0 spiro atoms. The van der Waals surface area contributed by atoms with Gasteiger partial charge in [0, 0.05) is 36.0 Å². The fourth-order valence-electron chi connectivity index (χ4n) is 3.23. The summed E-state index contributed by atoms with van der Waals surface area (Å²) in [4.78, 5) is 25.6. The summed E-state index contributed by atoms with van der Waals surface area (Å²) >= 11 is 5.99. The van der Waals surface area contributed by atoms with E-state index in [2.05, 4.69) is 10.6 Å². The van der Waals surface area contributed by atoms with Crippen LogP contribution >= 0.6 is 24.0 Å². The first kappa shape index (κ1) is 19.9. The molecule has 9 heteroatoms. The monoisotopic (exact) mass is 420 g/mol. The molecule has 3 N–H and O–H groups in total. The Morgan fingerprint density at radius 2 is 1.89 bits per heavy atom. The van der Waals surface area contributed by atoms with Gasteiger partial charge in [0.15, 0.2) is 11.3 Å². The Bertz CT molecular complexity index is 1190. The number of nitrogens with one attached hydrogen (secondary N) is 2. The summed E-state index contributed by atoms with van der Waals surface area (Å²) in [6.07, 6.45) is 8.15. The van der Waals surface area contributed by atoms with E-state index in [0.29, 0.717) is 10.6 Å². The second kappa shape index (κ2) is 7.26. The molecule has 1 aliphatic heterocycles. The SMILES string of the molecule is CC1(c2cn3ccn(Cc4cccc(Cl)c4)c(=O)c3c(O)c2=O)NC=CN1.Cl. The number of nitrogens with zero attached hydrogens (tertiary/aromatic N) is 2. The zero-order valence-corrected chi connectivity index (χ0v) is 16.4. The third-order valence-corrected chi connectivity index (χ3v) is 4.92. The molecule has 0 atom stereocenters. The topological polar surface area (TPSA) is 87.8 Å². The van der Waals surface area contributed by atoms with E-state index in [-0.39, 0.29) is 24.5 Å². The van der Waals surface area contributed by atoms with Crippen LogP contribution in [0.5, 0.6) is 5.75 Å². The zero-order valence-electron chi connectivity index (χ0n) is 14.8. The second-order valence-corrected chi connectivity index (χ2v) is 7.02. The van der Waals surface area contributed by atoms with E-state index in [1.54, 1.807) is 56.1 Å². The number of fused-ring (bicyclic) bond motifs is 1. The van der Waals surface area contributed by atoms with Crippen molar-refractivity contribution in [1.82, 2.24) is 19.6 Å². The van der Waals surface area contributed by atoms with Crippen LogP contribution in [0.2, 0.25) is 5.02 Å². The fourth-order valence-corrected chi connectivity index (χ4v) is 3.44. The molecule has 1 aliphatic rings. The van der Waals surface area contributed by atoms with Gasteiger partial charge in [-0.15, -0.1) is 12.4 Å². The highest BCUT2D eigenvalue weighted by atomic mass is 35.5. The standard InChI is InChI=1S/C19H17ClN4O3.ClH/c1-19(21-5-6-22-19)14-11-23-7-8-24(10-12-3-2-4-13(20)9-12)18(27)15(23)17(26)16(14)25;/h2-9,11,21-22,26H,10H2,1H3;1H. The molecule has 0 saturated carbocycles. The first-order chi connectivity index (χ1) is 12.9. The quantitative estimate of drug-likeness (QED) is 0.603. The predicted octanol–water partition coefficient (Wildman–Crippen LogP) is 2.13. The highest BCUT2D eigenvalue weighted by molar-refractivity contribution is 6.30. The summed E-state index contributed by atoms with van der Waals surface area (Å²) in [6.45, 7) is 2.05. The largest absolute Gasteiger partial charge is 0.503 e. The van der Waals surface area contributed by atoms with Gasteiger partial charge in [-0.05, 0) is 24.6 Å². The third-order valence-electron chi connectivity index (χ3n) is 4.69. The molecule has 0 unspecified atom stereocenters. The van der Waals surface area contributed by atoms with Crippen LogP contribution in [0.1, 0.15) is 18.1 Å². The fraction of sp³-hybridized carbons (Fsp3) is 0.158. The van der Waals surface area contributed by atoms with Crippen molar-refractivity contribution in [2.75, 3.05) is 0 Å². The van der Waals surface area contributed by atoms with Gasteiger partial charge in [0.1, 0.15) is 5.66 Å². The molecule has 3 aromatic rings. The molecule has 1 aromatic carbocycles. The van der Waals surface area contributed by atoms with Crippen LogP contribution in [0.4, 0.5) is 0 Å². The highest BCUT2D eigenvalue weighted by Gasteiger charge is 2.31. The normalized spacial score (nSPS) is 14.4. The van der Waals surface area contributed by atoms with Crippen LogP contribution in [0.3, 0.4) is 0 Å². The number of aromatic nitrogens is 2. The Balaban J connectivity index is 0.00000225. The van der Waals surface area contributed by atoms with Gasteiger partial charge in [0.25, 0.3) is 5.56 Å². The lowest BCUT2D eigenvalue weighted by Gasteiger charge is -2.26. The van der Waals surface area contributed by atoms with Gasteiger partial charge in [-0.25, -0.2) is 0 Å². The number of halogens is 2. The summed E-state index contributed by atoms with van der Waals surface area (Å²) in [5.41, 5.74) is -0.846. The van der Waals surface area contributed by atoms with Gasteiger partial charge in [-0.3, -0.25) is 9.59 Å². The zero-order chi connectivity index (χ0) is 19.2. The Labute approximate surface area is 171 Å². The van der Waals surface area contributed by atoms with Crippen molar-refractivity contribution in [1.29, 1.82) is 0 Å². The summed E-state index contributed by atoms with van der Waals surface area (Å²) in [7, 11) is 0. The first-order valence-corrected chi connectivity index (χ1v) is 8.69. The third kappa shape index (κ3) is 3.23. The first-order valence-electron chi connectivity index (χ1n) is 8.32. The summed E-state index contributed by atoms with van der Waals surface area (Å²) in [5, 5.41) is 17.1. The number of benzene rings is 1. The van der Waals surface area contributed by atoms with Crippen LogP contribution in [-0.2, 0) is 12.2 Å². The number of hydrogen-bond acceptors (Lipinski definition) is 5. The van der Waals surface area contributed by atoms with Gasteiger partial charge in [-0.1, -0.05) is 23.7 Å². The van der Waals surface area contributed by atoms with Gasteiger partial charge in [0.05, 0.1) is 12.1 Å². The minimum atomic E-state index is -0.856. The lowest BCUT2D eigenvalue weighted by Crippen LogP contribution is -2.46. The second-order valence-electron chi connectivity index (χ2n) is 6.58. The van der Waals surface area contributed by atoms with Crippen molar-refractivity contribution in [3.63, 3.8) is 0 Å². The maximum atomic E-state index is 12.9. The lowest BCUT2D eigenvalue weighted by atomic mass is 10.0. The number of hydrogen-bond donors (Lipinski definition) is 3. The Kier molecular flexibility index (Phi) is 5.14. The molecule has 3 heterocycles. The molecule has 146 valence electrons. The van der Waals surface area contributed by atoms with Crippen molar-refractivity contribution < 1.29 is 5.11 Å². The molecule has 0 saturated heterocycles. The molecule has 0 amide bonds. The maximum Gasteiger partial charge on any atom is 0.279 e. The number of aromatic hydroxyl groups is 1. The van der Waals surface area contributed by atoms with Gasteiger partial charge in [-0.2, -0.15) is 0 Å². The van der Waals surface area contributed by atoms with Crippen LogP contribution in [-0.4, -0.2) is 14.1 Å². The van der Waals surface area contributed by atoms with E-state index in [4.69, 9.17) is 11.6 Å². The van der Waals surface area contributed by atoms with Crippen LogP contribution < -0.4 is 21.6 Å². The molecular formula is C19H18Cl2N4O3. The molecule has 7 nitrogen and oxygen atoms in total. The van der Waals surface area contributed by atoms with Crippen molar-refractivity contribution in [3.8, 4) is 5.75 Å². The average Bonchev–Trinajstić information content (AvgIpc) is 3.08. The summed E-state index contributed by atoms with van der Waals surface area (Å²) < 4.78 is 2.89. The molecule has 28 heavy (non-hydrogen) atoms. The molecule has 0 aliphatic carbocycles. The molecule has 0 fully saturated rings.